The molecular weight excluding hydrogens is 356 g/mol. The number of carbonyl (C=O) groups is 1. The van der Waals surface area contributed by atoms with Crippen molar-refractivity contribution in [1.29, 1.82) is 0 Å². The standard InChI is InChI=1S/C14H9Cl3FNO3/c15-6-1-8(16)10(9(17)2-6)7-3-19-12(11(7)13(20)21)14(18)4-22-5-14/h1-3,19H,4-5H2,(H,20,21). The highest BCUT2D eigenvalue weighted by atomic mass is 35.5. The molecule has 1 aliphatic rings. The topological polar surface area (TPSA) is 62.3 Å². The lowest BCUT2D eigenvalue weighted by Crippen LogP contribution is -2.43. The molecule has 0 unspecified atom stereocenters. The van der Waals surface area contributed by atoms with Crippen molar-refractivity contribution >= 4 is 40.8 Å². The molecule has 1 saturated heterocycles. The molecule has 2 aromatic rings. The first kappa shape index (κ1) is 15.6. The van der Waals surface area contributed by atoms with Crippen LogP contribution in [0, 0.1) is 0 Å². The van der Waals surface area contributed by atoms with Gasteiger partial charge in [0.15, 0.2) is 5.67 Å². The number of hydrogen-bond donors (Lipinski definition) is 2. The SMILES string of the molecule is O=C(O)c1c(-c2c(Cl)cc(Cl)cc2Cl)c[nH]c1C1(F)COC1. The molecule has 1 aromatic heterocycles. The van der Waals surface area contributed by atoms with Crippen LogP contribution < -0.4 is 0 Å². The quantitative estimate of drug-likeness (QED) is 0.841. The van der Waals surface area contributed by atoms with E-state index >= 15 is 0 Å². The molecule has 0 radical (unpaired) electrons. The highest BCUT2D eigenvalue weighted by Crippen LogP contribution is 2.43. The summed E-state index contributed by atoms with van der Waals surface area (Å²) in [6.07, 6.45) is 1.37. The number of nitrogens with one attached hydrogen (secondary N) is 1. The number of halogens is 4. The van der Waals surface area contributed by atoms with Crippen LogP contribution >= 0.6 is 34.8 Å². The summed E-state index contributed by atoms with van der Waals surface area (Å²) < 4.78 is 19.4. The largest absolute Gasteiger partial charge is 0.478 e. The van der Waals surface area contributed by atoms with Crippen molar-refractivity contribution in [2.24, 2.45) is 0 Å². The maximum absolute atomic E-state index is 14.5. The molecule has 0 spiro atoms. The van der Waals surface area contributed by atoms with Crippen LogP contribution in [0.25, 0.3) is 11.1 Å². The maximum atomic E-state index is 14.5. The fraction of sp³-hybridized carbons (Fsp3) is 0.214. The molecule has 1 aromatic carbocycles. The first-order valence-corrected chi connectivity index (χ1v) is 7.33. The Morgan fingerprint density at radius 1 is 1.27 bits per heavy atom. The molecule has 2 N–H and O–H groups in total. The molecule has 4 nitrogen and oxygen atoms in total. The third-order valence-corrected chi connectivity index (χ3v) is 4.29. The number of hydrogen-bond acceptors (Lipinski definition) is 2. The van der Waals surface area contributed by atoms with E-state index < -0.39 is 11.6 Å². The number of aromatic nitrogens is 1. The molecule has 0 amide bonds. The fourth-order valence-corrected chi connectivity index (χ4v) is 3.44. The first-order valence-electron chi connectivity index (χ1n) is 6.20. The average Bonchev–Trinajstić information content (AvgIpc) is 2.79. The smallest absolute Gasteiger partial charge is 0.338 e. The van der Waals surface area contributed by atoms with E-state index in [0.29, 0.717) is 5.02 Å². The van der Waals surface area contributed by atoms with Crippen LogP contribution in [0.1, 0.15) is 16.1 Å². The van der Waals surface area contributed by atoms with Gasteiger partial charge in [-0.1, -0.05) is 34.8 Å². The van der Waals surface area contributed by atoms with Crippen molar-refractivity contribution in [3.05, 3.63) is 44.7 Å². The summed E-state index contributed by atoms with van der Waals surface area (Å²) in [4.78, 5) is 14.3. The van der Waals surface area contributed by atoms with Gasteiger partial charge in [0.05, 0.1) is 34.5 Å². The Balaban J connectivity index is 2.23. The van der Waals surface area contributed by atoms with Crippen molar-refractivity contribution in [3.63, 3.8) is 0 Å². The minimum absolute atomic E-state index is 0.0525. The Hall–Kier alpha value is -1.27. The summed E-state index contributed by atoms with van der Waals surface area (Å²) >= 11 is 18.1. The average molecular weight is 365 g/mol. The van der Waals surface area contributed by atoms with Crippen molar-refractivity contribution in [2.75, 3.05) is 13.2 Å². The number of alkyl halides is 1. The third-order valence-electron chi connectivity index (χ3n) is 3.48. The minimum Gasteiger partial charge on any atom is -0.478 e. The van der Waals surface area contributed by atoms with E-state index in [4.69, 9.17) is 39.5 Å². The van der Waals surface area contributed by atoms with Gasteiger partial charge in [0, 0.05) is 22.3 Å². The molecule has 0 saturated carbocycles. The van der Waals surface area contributed by atoms with Crippen LogP contribution in [0.5, 0.6) is 0 Å². The summed E-state index contributed by atoms with van der Waals surface area (Å²) in [6.45, 7) is -0.398. The van der Waals surface area contributed by atoms with Gasteiger partial charge in [-0.2, -0.15) is 0 Å². The minimum atomic E-state index is -1.85. The van der Waals surface area contributed by atoms with Crippen molar-refractivity contribution in [1.82, 2.24) is 4.98 Å². The van der Waals surface area contributed by atoms with Crippen LogP contribution in [0.15, 0.2) is 18.3 Å². The molecule has 22 heavy (non-hydrogen) atoms. The second-order valence-electron chi connectivity index (χ2n) is 4.96. The predicted octanol–water partition coefficient (Wildman–Crippen LogP) is 4.54. The Morgan fingerprint density at radius 2 is 1.86 bits per heavy atom. The van der Waals surface area contributed by atoms with E-state index in [-0.39, 0.29) is 45.6 Å². The van der Waals surface area contributed by atoms with Crippen molar-refractivity contribution < 1.29 is 19.0 Å². The molecule has 0 aliphatic carbocycles. The van der Waals surface area contributed by atoms with Gasteiger partial charge in [-0.3, -0.25) is 0 Å². The zero-order valence-corrected chi connectivity index (χ0v) is 13.2. The highest BCUT2D eigenvalue weighted by molar-refractivity contribution is 6.42. The molecule has 8 heteroatoms. The van der Waals surface area contributed by atoms with Crippen molar-refractivity contribution in [2.45, 2.75) is 5.67 Å². The summed E-state index contributed by atoms with van der Waals surface area (Å²) in [6, 6.07) is 2.89. The van der Waals surface area contributed by atoms with Crippen LogP contribution in [0.3, 0.4) is 0 Å². The van der Waals surface area contributed by atoms with Gasteiger partial charge < -0.3 is 14.8 Å². The molecule has 116 valence electrons. The zero-order valence-electron chi connectivity index (χ0n) is 10.9. The van der Waals surface area contributed by atoms with E-state index in [0.717, 1.165) is 0 Å². The molecule has 0 bridgehead atoms. The van der Waals surface area contributed by atoms with Gasteiger partial charge >= 0.3 is 5.97 Å². The molecule has 0 atom stereocenters. The molecule has 1 aliphatic heterocycles. The Labute approximate surface area is 139 Å². The van der Waals surface area contributed by atoms with Gasteiger partial charge in [0.1, 0.15) is 0 Å². The zero-order chi connectivity index (χ0) is 16.1. The van der Waals surface area contributed by atoms with Crippen LogP contribution in [-0.4, -0.2) is 29.3 Å². The van der Waals surface area contributed by atoms with E-state index in [2.05, 4.69) is 4.98 Å². The normalized spacial score (nSPS) is 16.4. The van der Waals surface area contributed by atoms with E-state index in [1.807, 2.05) is 0 Å². The Bertz CT molecular complexity index is 748. The number of carboxylic acid groups (broad SMARTS) is 1. The van der Waals surface area contributed by atoms with Gasteiger partial charge in [-0.25, -0.2) is 9.18 Å². The van der Waals surface area contributed by atoms with Gasteiger partial charge in [-0.15, -0.1) is 0 Å². The van der Waals surface area contributed by atoms with E-state index in [1.165, 1.54) is 18.3 Å². The number of rotatable bonds is 3. The van der Waals surface area contributed by atoms with E-state index in [1.54, 1.807) is 0 Å². The first-order chi connectivity index (χ1) is 10.3. The van der Waals surface area contributed by atoms with Crippen LogP contribution in [0.2, 0.25) is 15.1 Å². The van der Waals surface area contributed by atoms with E-state index in [9.17, 15) is 14.3 Å². The second-order valence-corrected chi connectivity index (χ2v) is 6.21. The second kappa shape index (κ2) is 5.42. The number of ether oxygens (including phenoxy) is 1. The number of benzene rings is 1. The molecule has 2 heterocycles. The summed E-state index contributed by atoms with van der Waals surface area (Å²) in [5, 5.41) is 10.2. The number of H-pyrrole nitrogens is 1. The molecule has 3 rings (SSSR count). The number of aromatic amines is 1. The summed E-state index contributed by atoms with van der Waals surface area (Å²) in [5.74, 6) is -1.28. The third kappa shape index (κ3) is 2.38. The highest BCUT2D eigenvalue weighted by Gasteiger charge is 2.45. The summed E-state index contributed by atoms with van der Waals surface area (Å²) in [5.41, 5.74) is -1.62. The van der Waals surface area contributed by atoms with Crippen LogP contribution in [-0.2, 0) is 10.4 Å². The van der Waals surface area contributed by atoms with Gasteiger partial charge in [0.25, 0.3) is 0 Å². The van der Waals surface area contributed by atoms with Crippen LogP contribution in [0.4, 0.5) is 4.39 Å². The van der Waals surface area contributed by atoms with Gasteiger partial charge in [0.2, 0.25) is 0 Å². The number of aromatic carboxylic acids is 1. The lowest BCUT2D eigenvalue weighted by Gasteiger charge is -2.33. The Kier molecular flexibility index (Phi) is 3.85. The molecule has 1 fully saturated rings. The maximum Gasteiger partial charge on any atom is 0.338 e. The van der Waals surface area contributed by atoms with Crippen molar-refractivity contribution in [3.8, 4) is 11.1 Å². The predicted molar refractivity (Wildman–Crippen MR) is 81.8 cm³/mol. The lowest BCUT2D eigenvalue weighted by molar-refractivity contribution is -0.137. The number of carboxylic acids is 1. The fourth-order valence-electron chi connectivity index (χ4n) is 2.42. The lowest BCUT2D eigenvalue weighted by atomic mass is 9.93. The Morgan fingerprint density at radius 3 is 2.32 bits per heavy atom. The molecular formula is C14H9Cl3FNO3. The summed E-state index contributed by atoms with van der Waals surface area (Å²) in [7, 11) is 0. The van der Waals surface area contributed by atoms with Gasteiger partial charge in [-0.05, 0) is 12.1 Å². The monoisotopic (exact) mass is 363 g/mol.